The van der Waals surface area contributed by atoms with Crippen molar-refractivity contribution in [1.29, 1.82) is 0 Å². The van der Waals surface area contributed by atoms with Crippen LogP contribution in [0.5, 0.6) is 0 Å². The average Bonchev–Trinajstić information content (AvgIpc) is 1.94. The molecule has 3 N–H and O–H groups in total. The van der Waals surface area contributed by atoms with Crippen LogP contribution in [0.1, 0.15) is 19.8 Å². The molecule has 1 aliphatic rings. The van der Waals surface area contributed by atoms with Gasteiger partial charge in [0.15, 0.2) is 0 Å². The molecule has 0 aliphatic carbocycles. The third-order valence-electron chi connectivity index (χ3n) is 2.14. The summed E-state index contributed by atoms with van der Waals surface area (Å²) in [6.45, 7) is 2.33. The van der Waals surface area contributed by atoms with Gasteiger partial charge in [0.05, 0.1) is 6.10 Å². The summed E-state index contributed by atoms with van der Waals surface area (Å²) >= 11 is 0. The molecular formula is C7H14N2O2. The standard InChI is InChI=1S/C7H14N2O2/c1-5-2-3-6(10)4-9(5)7(8)11/h5-6,10H,2-4H2,1H3,(H2,8,11)/t5-,6-/m0/s1. The molecule has 1 heterocycles. The van der Waals surface area contributed by atoms with Crippen LogP contribution in [-0.2, 0) is 0 Å². The van der Waals surface area contributed by atoms with Gasteiger partial charge in [0.25, 0.3) is 0 Å². The Morgan fingerprint density at radius 1 is 1.64 bits per heavy atom. The summed E-state index contributed by atoms with van der Waals surface area (Å²) in [6, 6.07) is -0.257. The summed E-state index contributed by atoms with van der Waals surface area (Å²) in [5.41, 5.74) is 5.10. The minimum atomic E-state index is -0.434. The van der Waals surface area contributed by atoms with Crippen molar-refractivity contribution in [1.82, 2.24) is 4.90 Å². The van der Waals surface area contributed by atoms with Gasteiger partial charge in [0.2, 0.25) is 0 Å². The summed E-state index contributed by atoms with van der Waals surface area (Å²) in [6.07, 6.45) is 1.22. The zero-order chi connectivity index (χ0) is 8.43. The monoisotopic (exact) mass is 158 g/mol. The van der Waals surface area contributed by atoms with Crippen LogP contribution in [0.25, 0.3) is 0 Å². The van der Waals surface area contributed by atoms with Crippen LogP contribution in [0.4, 0.5) is 4.79 Å². The van der Waals surface area contributed by atoms with E-state index in [9.17, 15) is 9.90 Å². The zero-order valence-electron chi connectivity index (χ0n) is 6.66. The first-order valence-corrected chi connectivity index (χ1v) is 3.85. The van der Waals surface area contributed by atoms with Gasteiger partial charge in [-0.3, -0.25) is 0 Å². The first kappa shape index (κ1) is 8.33. The average molecular weight is 158 g/mol. The number of nitrogens with zero attached hydrogens (tertiary/aromatic N) is 1. The van der Waals surface area contributed by atoms with E-state index in [1.165, 1.54) is 4.90 Å². The Morgan fingerprint density at radius 2 is 2.27 bits per heavy atom. The highest BCUT2D eigenvalue weighted by molar-refractivity contribution is 5.72. The van der Waals surface area contributed by atoms with Crippen LogP contribution >= 0.6 is 0 Å². The number of urea groups is 1. The second-order valence-electron chi connectivity index (χ2n) is 3.07. The van der Waals surface area contributed by atoms with Crippen molar-refractivity contribution >= 4 is 6.03 Å². The number of aliphatic hydroxyl groups is 1. The molecule has 4 nitrogen and oxygen atoms in total. The highest BCUT2D eigenvalue weighted by Gasteiger charge is 2.25. The Labute approximate surface area is 66.0 Å². The molecule has 1 rings (SSSR count). The highest BCUT2D eigenvalue weighted by Crippen LogP contribution is 2.15. The number of piperidine rings is 1. The number of hydrogen-bond acceptors (Lipinski definition) is 2. The Kier molecular flexibility index (Phi) is 2.34. The Bertz CT molecular complexity index is 161. The van der Waals surface area contributed by atoms with Gasteiger partial charge in [-0.15, -0.1) is 0 Å². The van der Waals surface area contributed by atoms with E-state index in [2.05, 4.69) is 0 Å². The van der Waals surface area contributed by atoms with Crippen LogP contribution in [-0.4, -0.2) is 34.7 Å². The Balaban J connectivity index is 2.54. The van der Waals surface area contributed by atoms with E-state index in [1.807, 2.05) is 6.92 Å². The van der Waals surface area contributed by atoms with Gasteiger partial charge < -0.3 is 15.7 Å². The molecule has 0 aromatic rings. The first-order valence-electron chi connectivity index (χ1n) is 3.85. The van der Waals surface area contributed by atoms with E-state index in [-0.39, 0.29) is 6.04 Å². The lowest BCUT2D eigenvalue weighted by Gasteiger charge is -2.34. The largest absolute Gasteiger partial charge is 0.391 e. The maximum absolute atomic E-state index is 10.7. The zero-order valence-corrected chi connectivity index (χ0v) is 6.66. The molecule has 0 unspecified atom stereocenters. The van der Waals surface area contributed by atoms with E-state index >= 15 is 0 Å². The molecule has 11 heavy (non-hydrogen) atoms. The summed E-state index contributed by atoms with van der Waals surface area (Å²) in [7, 11) is 0. The van der Waals surface area contributed by atoms with Gasteiger partial charge in [-0.1, -0.05) is 0 Å². The molecule has 2 atom stereocenters. The van der Waals surface area contributed by atoms with Gasteiger partial charge in [-0.2, -0.15) is 0 Å². The molecule has 0 aromatic carbocycles. The third-order valence-corrected chi connectivity index (χ3v) is 2.14. The summed E-state index contributed by atoms with van der Waals surface area (Å²) in [4.78, 5) is 12.3. The van der Waals surface area contributed by atoms with Crippen LogP contribution < -0.4 is 5.73 Å². The molecule has 1 fully saturated rings. The number of hydrogen-bond donors (Lipinski definition) is 2. The molecule has 2 amide bonds. The topological polar surface area (TPSA) is 66.6 Å². The summed E-state index contributed by atoms with van der Waals surface area (Å²) < 4.78 is 0. The van der Waals surface area contributed by atoms with Gasteiger partial charge in [-0.05, 0) is 19.8 Å². The van der Waals surface area contributed by atoms with Crippen molar-refractivity contribution in [2.24, 2.45) is 5.73 Å². The van der Waals surface area contributed by atoms with Gasteiger partial charge in [0.1, 0.15) is 0 Å². The lowest BCUT2D eigenvalue weighted by molar-refractivity contribution is 0.0627. The molecule has 0 bridgehead atoms. The number of primary amides is 1. The van der Waals surface area contributed by atoms with Crippen LogP contribution in [0.3, 0.4) is 0 Å². The third kappa shape index (κ3) is 1.83. The van der Waals surface area contributed by atoms with Crippen molar-refractivity contribution in [3.8, 4) is 0 Å². The van der Waals surface area contributed by atoms with Crippen LogP contribution in [0, 0.1) is 0 Å². The number of β-amino-alcohol motifs (C(OH)–C–C–N with tert-alkyl or cyclic N) is 1. The molecule has 64 valence electrons. The molecular weight excluding hydrogens is 144 g/mol. The minimum absolute atomic E-state index is 0.177. The summed E-state index contributed by atoms with van der Waals surface area (Å²) in [5.74, 6) is 0. The first-order chi connectivity index (χ1) is 5.11. The van der Waals surface area contributed by atoms with Gasteiger partial charge in [-0.25, -0.2) is 4.79 Å². The normalized spacial score (nSPS) is 32.0. The smallest absolute Gasteiger partial charge is 0.315 e. The maximum Gasteiger partial charge on any atom is 0.315 e. The van der Waals surface area contributed by atoms with Crippen LogP contribution in [0.15, 0.2) is 0 Å². The molecule has 1 aliphatic heterocycles. The lowest BCUT2D eigenvalue weighted by atomic mass is 10.0. The van der Waals surface area contributed by atoms with Gasteiger partial charge >= 0.3 is 6.03 Å². The molecule has 4 heteroatoms. The molecule has 1 saturated heterocycles. The number of aliphatic hydroxyl groups excluding tert-OH is 1. The number of nitrogens with two attached hydrogens (primary N) is 1. The van der Waals surface area contributed by atoms with Crippen LogP contribution in [0.2, 0.25) is 0 Å². The fraction of sp³-hybridized carbons (Fsp3) is 0.857. The fourth-order valence-corrected chi connectivity index (χ4v) is 1.39. The Hall–Kier alpha value is -0.770. The number of rotatable bonds is 0. The van der Waals surface area contributed by atoms with E-state index < -0.39 is 12.1 Å². The fourth-order valence-electron chi connectivity index (χ4n) is 1.39. The SMILES string of the molecule is C[C@H]1CC[C@H](O)CN1C(N)=O. The van der Waals surface area contributed by atoms with E-state index in [0.717, 1.165) is 12.8 Å². The number of likely N-dealkylation sites (tertiary alicyclic amines) is 1. The van der Waals surface area contributed by atoms with Crippen molar-refractivity contribution in [3.63, 3.8) is 0 Å². The maximum atomic E-state index is 10.7. The molecule has 0 aromatic heterocycles. The molecule has 0 spiro atoms. The quantitative estimate of drug-likeness (QED) is 0.517. The number of carbonyl (C=O) groups excluding carboxylic acids is 1. The van der Waals surface area contributed by atoms with Crippen molar-refractivity contribution in [3.05, 3.63) is 0 Å². The molecule has 0 saturated carbocycles. The van der Waals surface area contributed by atoms with Crippen molar-refractivity contribution in [2.45, 2.75) is 31.9 Å². The number of amides is 2. The van der Waals surface area contributed by atoms with Gasteiger partial charge in [0, 0.05) is 12.6 Å². The predicted molar refractivity (Wildman–Crippen MR) is 41.0 cm³/mol. The van der Waals surface area contributed by atoms with Crippen molar-refractivity contribution in [2.75, 3.05) is 6.54 Å². The lowest BCUT2D eigenvalue weighted by Crippen LogP contribution is -2.49. The Morgan fingerprint density at radius 3 is 2.73 bits per heavy atom. The summed E-state index contributed by atoms with van der Waals surface area (Å²) in [5, 5.41) is 9.20. The van der Waals surface area contributed by atoms with Crippen molar-refractivity contribution < 1.29 is 9.90 Å². The van der Waals surface area contributed by atoms with E-state index in [0.29, 0.717) is 6.54 Å². The van der Waals surface area contributed by atoms with E-state index in [1.54, 1.807) is 0 Å². The highest BCUT2D eigenvalue weighted by atomic mass is 16.3. The minimum Gasteiger partial charge on any atom is -0.391 e. The second kappa shape index (κ2) is 3.09. The second-order valence-corrected chi connectivity index (χ2v) is 3.07. The predicted octanol–water partition coefficient (Wildman–Crippen LogP) is -0.0897. The molecule has 0 radical (unpaired) electrons. The number of carbonyl (C=O) groups is 1. The van der Waals surface area contributed by atoms with E-state index in [4.69, 9.17) is 5.73 Å².